The second-order valence-electron chi connectivity index (χ2n) is 3.72. The van der Waals surface area contributed by atoms with E-state index in [1.165, 1.54) is 12.3 Å². The number of aliphatic hydroxyl groups excluding tert-OH is 1. The van der Waals surface area contributed by atoms with E-state index in [0.717, 1.165) is 0 Å². The molecule has 0 amide bonds. The number of alkyl halides is 3. The average Bonchev–Trinajstić information content (AvgIpc) is 2.23. The largest absolute Gasteiger partial charge is 0.392 e. The van der Waals surface area contributed by atoms with Crippen LogP contribution in [0.4, 0.5) is 19.1 Å². The van der Waals surface area contributed by atoms with Gasteiger partial charge in [-0.05, 0) is 19.4 Å². The lowest BCUT2D eigenvalue weighted by Crippen LogP contribution is -2.17. The third-order valence-electron chi connectivity index (χ3n) is 1.93. The normalized spacial score (nSPS) is 13.5. The highest BCUT2D eigenvalue weighted by atomic mass is 19.4. The summed E-state index contributed by atoms with van der Waals surface area (Å²) in [7, 11) is 0. The zero-order valence-corrected chi connectivity index (χ0v) is 9.33. The number of hydrogen-bond donors (Lipinski definition) is 2. The molecule has 0 aliphatic rings. The summed E-state index contributed by atoms with van der Waals surface area (Å²) in [4.78, 5) is 7.76. The fourth-order valence-electron chi connectivity index (χ4n) is 1.13. The van der Waals surface area contributed by atoms with Gasteiger partial charge in [0.1, 0.15) is 0 Å². The van der Waals surface area contributed by atoms with Gasteiger partial charge in [0, 0.05) is 24.9 Å². The van der Waals surface area contributed by atoms with Crippen molar-refractivity contribution < 1.29 is 18.3 Å². The molecule has 0 saturated heterocycles. The van der Waals surface area contributed by atoms with E-state index in [9.17, 15) is 13.2 Å². The molecule has 4 nitrogen and oxygen atoms in total. The van der Waals surface area contributed by atoms with Crippen molar-refractivity contribution in [3.63, 3.8) is 0 Å². The van der Waals surface area contributed by atoms with E-state index in [4.69, 9.17) is 5.11 Å². The van der Waals surface area contributed by atoms with Crippen molar-refractivity contribution >= 4 is 5.95 Å². The Morgan fingerprint density at radius 3 is 2.76 bits per heavy atom. The number of anilines is 1. The number of halogens is 3. The fourth-order valence-corrected chi connectivity index (χ4v) is 1.13. The summed E-state index contributed by atoms with van der Waals surface area (Å²) in [5.74, 6) is 0.227. The SMILES string of the molecule is CC(O)CNc1nccc(CCC(F)(F)F)n1. The molecule has 7 heteroatoms. The Morgan fingerprint density at radius 1 is 1.47 bits per heavy atom. The van der Waals surface area contributed by atoms with Gasteiger partial charge in [-0.2, -0.15) is 13.2 Å². The lowest BCUT2D eigenvalue weighted by Gasteiger charge is -2.08. The molecule has 0 spiro atoms. The Balaban J connectivity index is 2.54. The third-order valence-corrected chi connectivity index (χ3v) is 1.93. The number of hydrogen-bond acceptors (Lipinski definition) is 4. The van der Waals surface area contributed by atoms with E-state index in [0.29, 0.717) is 5.69 Å². The van der Waals surface area contributed by atoms with Crippen LogP contribution in [0, 0.1) is 0 Å². The molecule has 0 saturated carbocycles. The summed E-state index contributed by atoms with van der Waals surface area (Å²) < 4.78 is 36.0. The zero-order valence-electron chi connectivity index (χ0n) is 9.33. The van der Waals surface area contributed by atoms with Crippen molar-refractivity contribution in [2.75, 3.05) is 11.9 Å². The summed E-state index contributed by atoms with van der Waals surface area (Å²) >= 11 is 0. The van der Waals surface area contributed by atoms with Crippen LogP contribution in [-0.4, -0.2) is 33.9 Å². The minimum Gasteiger partial charge on any atom is -0.392 e. The predicted molar refractivity (Wildman–Crippen MR) is 56.6 cm³/mol. The van der Waals surface area contributed by atoms with Gasteiger partial charge < -0.3 is 10.4 Å². The standard InChI is InChI=1S/C10H14F3N3O/c1-7(17)6-15-9-14-5-3-8(16-9)2-4-10(11,12)13/h3,5,7,17H,2,4,6H2,1H3,(H,14,15,16). The molecule has 1 aromatic heterocycles. The molecule has 0 aliphatic carbocycles. The molecular formula is C10H14F3N3O. The number of nitrogens with zero attached hydrogens (tertiary/aromatic N) is 2. The third kappa shape index (κ3) is 6.06. The first-order valence-corrected chi connectivity index (χ1v) is 5.17. The van der Waals surface area contributed by atoms with Crippen molar-refractivity contribution in [2.45, 2.75) is 32.0 Å². The van der Waals surface area contributed by atoms with Crippen LogP contribution in [0.25, 0.3) is 0 Å². The van der Waals surface area contributed by atoms with E-state index in [1.54, 1.807) is 6.92 Å². The summed E-state index contributed by atoms with van der Waals surface area (Å²) in [6.07, 6.45) is -4.44. The van der Waals surface area contributed by atoms with Gasteiger partial charge in [-0.15, -0.1) is 0 Å². The molecule has 0 aromatic carbocycles. The molecule has 1 unspecified atom stereocenters. The molecule has 1 rings (SSSR count). The van der Waals surface area contributed by atoms with Gasteiger partial charge in [0.25, 0.3) is 0 Å². The fraction of sp³-hybridized carbons (Fsp3) is 0.600. The molecule has 2 N–H and O–H groups in total. The Kier molecular flexibility index (Phi) is 4.68. The number of aromatic nitrogens is 2. The molecule has 0 fully saturated rings. The van der Waals surface area contributed by atoms with Crippen molar-refractivity contribution in [3.8, 4) is 0 Å². The number of rotatable bonds is 5. The van der Waals surface area contributed by atoms with Gasteiger partial charge in [0.2, 0.25) is 5.95 Å². The average molecular weight is 249 g/mol. The second kappa shape index (κ2) is 5.81. The monoisotopic (exact) mass is 249 g/mol. The maximum Gasteiger partial charge on any atom is 0.389 e. The molecule has 17 heavy (non-hydrogen) atoms. The summed E-state index contributed by atoms with van der Waals surface area (Å²) in [5, 5.41) is 11.8. The first kappa shape index (κ1) is 13.7. The maximum absolute atomic E-state index is 12.0. The van der Waals surface area contributed by atoms with Crippen LogP contribution in [0.1, 0.15) is 19.0 Å². The molecular weight excluding hydrogens is 235 g/mol. The van der Waals surface area contributed by atoms with E-state index in [1.807, 2.05) is 0 Å². The van der Waals surface area contributed by atoms with Crippen molar-refractivity contribution in [1.29, 1.82) is 0 Å². The number of nitrogens with one attached hydrogen (secondary N) is 1. The van der Waals surface area contributed by atoms with Crippen LogP contribution in [0.15, 0.2) is 12.3 Å². The smallest absolute Gasteiger partial charge is 0.389 e. The summed E-state index contributed by atoms with van der Waals surface area (Å²) in [5.41, 5.74) is 0.324. The van der Waals surface area contributed by atoms with Crippen LogP contribution in [0.2, 0.25) is 0 Å². The van der Waals surface area contributed by atoms with Gasteiger partial charge in [0.05, 0.1) is 6.10 Å². The Bertz CT molecular complexity index is 355. The molecule has 0 aliphatic heterocycles. The van der Waals surface area contributed by atoms with Crippen LogP contribution in [-0.2, 0) is 6.42 Å². The summed E-state index contributed by atoms with van der Waals surface area (Å²) in [6.45, 7) is 1.84. The second-order valence-corrected chi connectivity index (χ2v) is 3.72. The van der Waals surface area contributed by atoms with Crippen molar-refractivity contribution in [2.24, 2.45) is 0 Å². The van der Waals surface area contributed by atoms with Crippen LogP contribution >= 0.6 is 0 Å². The predicted octanol–water partition coefficient (Wildman–Crippen LogP) is 1.76. The highest BCUT2D eigenvalue weighted by Gasteiger charge is 2.26. The molecule has 1 heterocycles. The number of aryl methyl sites for hydroxylation is 1. The van der Waals surface area contributed by atoms with E-state index in [2.05, 4.69) is 15.3 Å². The Labute approximate surface area is 96.9 Å². The van der Waals surface area contributed by atoms with Crippen LogP contribution < -0.4 is 5.32 Å². The zero-order chi connectivity index (χ0) is 12.9. The van der Waals surface area contributed by atoms with Gasteiger partial charge >= 0.3 is 6.18 Å². The molecule has 96 valence electrons. The van der Waals surface area contributed by atoms with Crippen molar-refractivity contribution in [3.05, 3.63) is 18.0 Å². The minimum absolute atomic E-state index is 0.171. The molecule has 1 aromatic rings. The van der Waals surface area contributed by atoms with E-state index in [-0.39, 0.29) is 18.9 Å². The molecule has 1 atom stereocenters. The van der Waals surface area contributed by atoms with Gasteiger partial charge in [-0.25, -0.2) is 9.97 Å². The van der Waals surface area contributed by atoms with Crippen LogP contribution in [0.3, 0.4) is 0 Å². The lowest BCUT2D eigenvalue weighted by molar-refractivity contribution is -0.134. The first-order valence-electron chi connectivity index (χ1n) is 5.17. The Morgan fingerprint density at radius 2 is 2.18 bits per heavy atom. The lowest BCUT2D eigenvalue weighted by atomic mass is 10.2. The Hall–Kier alpha value is -1.37. The van der Waals surface area contributed by atoms with Gasteiger partial charge in [-0.1, -0.05) is 0 Å². The summed E-state index contributed by atoms with van der Waals surface area (Å²) in [6, 6.07) is 1.44. The van der Waals surface area contributed by atoms with Crippen LogP contribution in [0.5, 0.6) is 0 Å². The highest BCUT2D eigenvalue weighted by Crippen LogP contribution is 2.21. The van der Waals surface area contributed by atoms with Gasteiger partial charge in [0.15, 0.2) is 0 Å². The van der Waals surface area contributed by atoms with Gasteiger partial charge in [-0.3, -0.25) is 0 Å². The minimum atomic E-state index is -4.18. The maximum atomic E-state index is 12.0. The van der Waals surface area contributed by atoms with E-state index >= 15 is 0 Å². The first-order chi connectivity index (χ1) is 7.87. The highest BCUT2D eigenvalue weighted by molar-refractivity contribution is 5.25. The number of aliphatic hydroxyl groups is 1. The van der Waals surface area contributed by atoms with E-state index < -0.39 is 18.7 Å². The van der Waals surface area contributed by atoms with Crippen molar-refractivity contribution in [1.82, 2.24) is 9.97 Å². The quantitative estimate of drug-likeness (QED) is 0.835. The molecule has 0 bridgehead atoms. The molecule has 0 radical (unpaired) electrons. The topological polar surface area (TPSA) is 58.0 Å².